The van der Waals surface area contributed by atoms with E-state index in [2.05, 4.69) is 10.6 Å². The van der Waals surface area contributed by atoms with Gasteiger partial charge in [-0.05, 0) is 61.9 Å². The first-order chi connectivity index (χ1) is 11.7. The van der Waals surface area contributed by atoms with Crippen molar-refractivity contribution in [1.29, 1.82) is 0 Å². The molecule has 6 heteroatoms. The van der Waals surface area contributed by atoms with Crippen molar-refractivity contribution in [1.82, 2.24) is 10.6 Å². The summed E-state index contributed by atoms with van der Waals surface area (Å²) in [7, 11) is 0. The molecule has 2 amide bonds. The van der Waals surface area contributed by atoms with Gasteiger partial charge in [0.1, 0.15) is 0 Å². The summed E-state index contributed by atoms with van der Waals surface area (Å²) >= 11 is 0. The molecule has 2 N–H and O–H groups in total. The van der Waals surface area contributed by atoms with Crippen LogP contribution in [0.2, 0.25) is 0 Å². The van der Waals surface area contributed by atoms with Gasteiger partial charge in [0.05, 0.1) is 0 Å². The Labute approximate surface area is 154 Å². The minimum Gasteiger partial charge on any atom is -0.352 e. The first kappa shape index (κ1) is 18.2. The van der Waals surface area contributed by atoms with Gasteiger partial charge in [-0.25, -0.2) is 0 Å². The summed E-state index contributed by atoms with van der Waals surface area (Å²) in [6.45, 7) is 3.41. The van der Waals surface area contributed by atoms with Gasteiger partial charge in [-0.15, -0.1) is 12.4 Å². The molecule has 0 radical (unpaired) electrons. The summed E-state index contributed by atoms with van der Waals surface area (Å²) in [6.07, 6.45) is 4.86. The average Bonchev–Trinajstić information content (AvgIpc) is 3.11. The molecule has 1 saturated carbocycles. The molecule has 2 saturated heterocycles. The number of hydrogen-bond donors (Lipinski definition) is 2. The molecule has 136 valence electrons. The van der Waals surface area contributed by atoms with Gasteiger partial charge in [0.2, 0.25) is 11.8 Å². The van der Waals surface area contributed by atoms with E-state index in [9.17, 15) is 9.59 Å². The fourth-order valence-electron chi connectivity index (χ4n) is 4.26. The number of amides is 2. The fraction of sp³-hybridized carbons (Fsp3) is 0.579. The maximum absolute atomic E-state index is 12.4. The number of anilines is 1. The molecule has 3 fully saturated rings. The van der Waals surface area contributed by atoms with Gasteiger partial charge in [0.25, 0.3) is 0 Å². The van der Waals surface area contributed by atoms with Crippen molar-refractivity contribution in [3.05, 3.63) is 29.8 Å². The number of carbonyl (C=O) groups is 2. The monoisotopic (exact) mass is 363 g/mol. The van der Waals surface area contributed by atoms with Crippen LogP contribution < -0.4 is 15.5 Å². The number of rotatable bonds is 4. The van der Waals surface area contributed by atoms with Gasteiger partial charge < -0.3 is 15.5 Å². The lowest BCUT2D eigenvalue weighted by Gasteiger charge is -2.23. The Kier molecular flexibility index (Phi) is 5.35. The van der Waals surface area contributed by atoms with E-state index in [1.807, 2.05) is 29.2 Å². The number of nitrogens with one attached hydrogen (secondary N) is 2. The van der Waals surface area contributed by atoms with Crippen LogP contribution in [-0.4, -0.2) is 31.4 Å². The van der Waals surface area contributed by atoms with Crippen LogP contribution in [0.5, 0.6) is 0 Å². The molecule has 0 aromatic heterocycles. The van der Waals surface area contributed by atoms with E-state index < -0.39 is 0 Å². The van der Waals surface area contributed by atoms with E-state index in [-0.39, 0.29) is 35.6 Å². The lowest BCUT2D eigenvalue weighted by atomic mass is 9.92. The molecular weight excluding hydrogens is 338 g/mol. The predicted molar refractivity (Wildman–Crippen MR) is 99.8 cm³/mol. The second kappa shape index (κ2) is 7.34. The molecule has 1 spiro atoms. The average molecular weight is 364 g/mol. The summed E-state index contributed by atoms with van der Waals surface area (Å²) in [6, 6.07) is 7.97. The fourth-order valence-corrected chi connectivity index (χ4v) is 4.26. The summed E-state index contributed by atoms with van der Waals surface area (Å²) < 4.78 is 0. The summed E-state index contributed by atoms with van der Waals surface area (Å²) in [5, 5.41) is 6.47. The topological polar surface area (TPSA) is 61.4 Å². The third-order valence-electron chi connectivity index (χ3n) is 5.87. The number of nitrogens with zero attached hydrogens (tertiary/aromatic N) is 1. The second-order valence-electron chi connectivity index (χ2n) is 7.41. The molecule has 1 unspecified atom stereocenters. The number of carbonyl (C=O) groups excluding carboxylic acids is 2. The molecule has 2 heterocycles. The number of halogens is 1. The van der Waals surface area contributed by atoms with Gasteiger partial charge in [0.15, 0.2) is 0 Å². The zero-order valence-corrected chi connectivity index (χ0v) is 15.2. The van der Waals surface area contributed by atoms with E-state index in [4.69, 9.17) is 0 Å². The van der Waals surface area contributed by atoms with Crippen molar-refractivity contribution in [3.8, 4) is 0 Å². The Morgan fingerprint density at radius 1 is 1.32 bits per heavy atom. The van der Waals surface area contributed by atoms with Crippen LogP contribution in [0.15, 0.2) is 24.3 Å². The van der Waals surface area contributed by atoms with Crippen LogP contribution in [0.1, 0.15) is 37.7 Å². The summed E-state index contributed by atoms with van der Waals surface area (Å²) in [5.41, 5.74) is 2.28. The van der Waals surface area contributed by atoms with Crippen LogP contribution in [0, 0.1) is 11.3 Å². The first-order valence-corrected chi connectivity index (χ1v) is 9.06. The highest BCUT2D eigenvalue weighted by Gasteiger charge is 2.57. The minimum atomic E-state index is 0. The quantitative estimate of drug-likeness (QED) is 0.862. The SMILES string of the molecule is Cl.O=C(NCc1cccc(N2CCCC2=O)c1)C1CC12CCNCC2. The van der Waals surface area contributed by atoms with Gasteiger partial charge in [-0.3, -0.25) is 9.59 Å². The highest BCUT2D eigenvalue weighted by Crippen LogP contribution is 2.58. The molecule has 0 bridgehead atoms. The largest absolute Gasteiger partial charge is 0.352 e. The Balaban J connectivity index is 0.00000182. The molecule has 3 aliphatic rings. The number of piperidine rings is 1. The van der Waals surface area contributed by atoms with Crippen molar-refractivity contribution < 1.29 is 9.59 Å². The van der Waals surface area contributed by atoms with E-state index in [0.29, 0.717) is 13.0 Å². The highest BCUT2D eigenvalue weighted by atomic mass is 35.5. The molecule has 1 aliphatic carbocycles. The first-order valence-electron chi connectivity index (χ1n) is 9.06. The maximum atomic E-state index is 12.4. The highest BCUT2D eigenvalue weighted by molar-refractivity contribution is 5.95. The van der Waals surface area contributed by atoms with Crippen molar-refractivity contribution >= 4 is 29.9 Å². The smallest absolute Gasteiger partial charge is 0.227 e. The lowest BCUT2D eigenvalue weighted by molar-refractivity contribution is -0.123. The molecule has 1 atom stereocenters. The molecular formula is C19H26ClN3O2. The zero-order valence-electron chi connectivity index (χ0n) is 14.4. The third-order valence-corrected chi connectivity index (χ3v) is 5.87. The van der Waals surface area contributed by atoms with Crippen molar-refractivity contribution in [3.63, 3.8) is 0 Å². The Hall–Kier alpha value is -1.59. The van der Waals surface area contributed by atoms with Gasteiger partial charge >= 0.3 is 0 Å². The molecule has 2 aliphatic heterocycles. The van der Waals surface area contributed by atoms with Crippen LogP contribution in [0.25, 0.3) is 0 Å². The van der Waals surface area contributed by atoms with E-state index in [1.54, 1.807) is 0 Å². The van der Waals surface area contributed by atoms with Gasteiger partial charge in [0, 0.05) is 31.1 Å². The maximum Gasteiger partial charge on any atom is 0.227 e. The summed E-state index contributed by atoms with van der Waals surface area (Å²) in [4.78, 5) is 26.2. The van der Waals surface area contributed by atoms with Gasteiger partial charge in [-0.2, -0.15) is 0 Å². The lowest BCUT2D eigenvalue weighted by Crippen LogP contribution is -2.33. The predicted octanol–water partition coefficient (Wildman–Crippen LogP) is 2.24. The Morgan fingerprint density at radius 2 is 2.12 bits per heavy atom. The Bertz CT molecular complexity index is 658. The molecule has 25 heavy (non-hydrogen) atoms. The zero-order chi connectivity index (χ0) is 16.6. The number of hydrogen-bond acceptors (Lipinski definition) is 3. The summed E-state index contributed by atoms with van der Waals surface area (Å²) in [5.74, 6) is 0.588. The Morgan fingerprint density at radius 3 is 2.84 bits per heavy atom. The number of benzene rings is 1. The van der Waals surface area contributed by atoms with Crippen molar-refractivity contribution in [2.24, 2.45) is 11.3 Å². The third kappa shape index (κ3) is 3.67. The van der Waals surface area contributed by atoms with Crippen LogP contribution in [0.4, 0.5) is 5.69 Å². The van der Waals surface area contributed by atoms with E-state index in [1.165, 1.54) is 0 Å². The molecule has 1 aromatic carbocycles. The normalized spacial score (nSPS) is 24.1. The van der Waals surface area contributed by atoms with Gasteiger partial charge in [-0.1, -0.05) is 12.1 Å². The van der Waals surface area contributed by atoms with Crippen molar-refractivity contribution in [2.45, 2.75) is 38.6 Å². The van der Waals surface area contributed by atoms with Crippen LogP contribution >= 0.6 is 12.4 Å². The van der Waals surface area contributed by atoms with Crippen LogP contribution in [-0.2, 0) is 16.1 Å². The van der Waals surface area contributed by atoms with E-state index >= 15 is 0 Å². The van der Waals surface area contributed by atoms with Crippen LogP contribution in [0.3, 0.4) is 0 Å². The molecule has 1 aromatic rings. The molecule has 5 nitrogen and oxygen atoms in total. The van der Waals surface area contributed by atoms with Crippen molar-refractivity contribution in [2.75, 3.05) is 24.5 Å². The minimum absolute atomic E-state index is 0. The second-order valence-corrected chi connectivity index (χ2v) is 7.41. The molecule has 4 rings (SSSR count). The standard InChI is InChI=1S/C19H25N3O2.ClH/c23-17-5-2-10-22(17)15-4-1-3-14(11-15)13-21-18(24)16-12-19(16)6-8-20-9-7-19;/h1,3-4,11,16,20H,2,5-10,12-13H2,(H,21,24);1H. The van der Waals surface area contributed by atoms with E-state index in [0.717, 1.165) is 56.6 Å².